The summed E-state index contributed by atoms with van der Waals surface area (Å²) in [4.78, 5) is 11.3. The average Bonchev–Trinajstić information content (AvgIpc) is 2.46. The first-order valence-corrected chi connectivity index (χ1v) is 6.63. The molecule has 2 unspecified atom stereocenters. The van der Waals surface area contributed by atoms with Gasteiger partial charge in [0.2, 0.25) is 0 Å². The molecule has 5 atom stereocenters. The van der Waals surface area contributed by atoms with E-state index in [1.165, 1.54) is 6.92 Å². The van der Waals surface area contributed by atoms with Crippen LogP contribution in [0.2, 0.25) is 0 Å². The van der Waals surface area contributed by atoms with Gasteiger partial charge < -0.3 is 44.1 Å². The summed E-state index contributed by atoms with van der Waals surface area (Å²) >= 11 is 0. The van der Waals surface area contributed by atoms with Crippen molar-refractivity contribution in [2.24, 2.45) is 0 Å². The van der Waals surface area contributed by atoms with E-state index >= 15 is 0 Å². The molecule has 22 heavy (non-hydrogen) atoms. The molecule has 10 nitrogen and oxygen atoms in total. The van der Waals surface area contributed by atoms with Gasteiger partial charge in [0.05, 0.1) is 6.10 Å². The van der Waals surface area contributed by atoms with Crippen LogP contribution in [0.25, 0.3) is 0 Å². The van der Waals surface area contributed by atoms with Crippen molar-refractivity contribution in [2.75, 3.05) is 27.2 Å². The molecule has 0 aliphatic carbocycles. The maximum absolute atomic E-state index is 11.3. The largest absolute Gasteiger partial charge is 0.371 e. The Morgan fingerprint density at radius 2 is 1.36 bits per heavy atom. The van der Waals surface area contributed by atoms with Crippen molar-refractivity contribution >= 4 is 5.78 Å². The van der Waals surface area contributed by atoms with Crippen LogP contribution >= 0.6 is 0 Å². The molecule has 0 bridgehead atoms. The van der Waals surface area contributed by atoms with Crippen molar-refractivity contribution in [1.82, 2.24) is 0 Å². The number of hydrogen-bond donors (Lipinski definition) is 4. The zero-order valence-electron chi connectivity index (χ0n) is 12.2. The number of ketones is 1. The third kappa shape index (κ3) is 5.19. The molecule has 130 valence electrons. The topological polar surface area (TPSA) is 144 Å². The number of hydrogen-bond acceptors (Lipinski definition) is 10. The summed E-state index contributed by atoms with van der Waals surface area (Å²) in [7, 11) is 0. The van der Waals surface area contributed by atoms with Crippen molar-refractivity contribution in [1.29, 1.82) is 0 Å². The van der Waals surface area contributed by atoms with Crippen LogP contribution in [0.3, 0.4) is 0 Å². The SMILES string of the molecule is CC(=O)CC1OC(OCO)[C@@H](OCO)[C@H](OCO)[C@H]1OCO. The van der Waals surface area contributed by atoms with Gasteiger partial charge in [-0.2, -0.15) is 0 Å². The Kier molecular flexibility index (Phi) is 8.93. The fraction of sp³-hybridized carbons (Fsp3) is 0.917. The van der Waals surface area contributed by atoms with Gasteiger partial charge in [-0.15, -0.1) is 0 Å². The predicted molar refractivity (Wildman–Crippen MR) is 68.0 cm³/mol. The molecular weight excluding hydrogens is 304 g/mol. The van der Waals surface area contributed by atoms with Crippen molar-refractivity contribution < 1.29 is 48.9 Å². The lowest BCUT2D eigenvalue weighted by Gasteiger charge is -2.44. The molecule has 1 saturated heterocycles. The third-order valence-electron chi connectivity index (χ3n) is 3.12. The second-order valence-electron chi connectivity index (χ2n) is 4.53. The van der Waals surface area contributed by atoms with E-state index in [0.29, 0.717) is 0 Å². The molecule has 0 aromatic rings. The van der Waals surface area contributed by atoms with E-state index in [0.717, 1.165) is 0 Å². The van der Waals surface area contributed by atoms with Gasteiger partial charge in [0, 0.05) is 6.42 Å². The lowest BCUT2D eigenvalue weighted by molar-refractivity contribution is -0.343. The first-order valence-electron chi connectivity index (χ1n) is 6.63. The van der Waals surface area contributed by atoms with Crippen molar-refractivity contribution in [3.8, 4) is 0 Å². The highest BCUT2D eigenvalue weighted by Crippen LogP contribution is 2.30. The smallest absolute Gasteiger partial charge is 0.189 e. The van der Waals surface area contributed by atoms with Crippen LogP contribution in [0.1, 0.15) is 13.3 Å². The number of aliphatic hydroxyl groups is 4. The van der Waals surface area contributed by atoms with Gasteiger partial charge in [0.25, 0.3) is 0 Å². The normalized spacial score (nSPS) is 32.1. The number of carbonyl (C=O) groups excluding carboxylic acids is 1. The number of Topliss-reactive ketones (excluding diaryl/α,β-unsaturated/α-hetero) is 1. The summed E-state index contributed by atoms with van der Waals surface area (Å²) in [5.74, 6) is -0.205. The van der Waals surface area contributed by atoms with E-state index in [2.05, 4.69) is 0 Å². The molecule has 0 radical (unpaired) electrons. The number of ether oxygens (including phenoxy) is 5. The predicted octanol–water partition coefficient (Wildman–Crippen LogP) is -2.34. The molecule has 0 aromatic heterocycles. The molecule has 1 heterocycles. The molecule has 0 amide bonds. The van der Waals surface area contributed by atoms with Gasteiger partial charge in [-0.1, -0.05) is 0 Å². The Morgan fingerprint density at radius 3 is 1.86 bits per heavy atom. The highest BCUT2D eigenvalue weighted by Gasteiger charge is 2.49. The monoisotopic (exact) mass is 326 g/mol. The van der Waals surface area contributed by atoms with E-state index < -0.39 is 57.9 Å². The minimum Gasteiger partial charge on any atom is -0.371 e. The van der Waals surface area contributed by atoms with E-state index in [1.807, 2.05) is 0 Å². The van der Waals surface area contributed by atoms with Crippen LogP contribution in [0.4, 0.5) is 0 Å². The van der Waals surface area contributed by atoms with E-state index in [4.69, 9.17) is 44.1 Å². The van der Waals surface area contributed by atoms with E-state index in [9.17, 15) is 4.79 Å². The highest BCUT2D eigenvalue weighted by atomic mass is 16.8. The summed E-state index contributed by atoms with van der Waals surface area (Å²) < 4.78 is 25.8. The van der Waals surface area contributed by atoms with E-state index in [-0.39, 0.29) is 12.2 Å². The van der Waals surface area contributed by atoms with Gasteiger partial charge in [-0.25, -0.2) is 0 Å². The van der Waals surface area contributed by atoms with Crippen LogP contribution in [0.15, 0.2) is 0 Å². The number of rotatable bonds is 10. The molecule has 4 N–H and O–H groups in total. The van der Waals surface area contributed by atoms with Gasteiger partial charge in [-0.3, -0.25) is 4.79 Å². The van der Waals surface area contributed by atoms with Crippen LogP contribution < -0.4 is 0 Å². The van der Waals surface area contributed by atoms with Crippen molar-refractivity contribution in [3.63, 3.8) is 0 Å². The Labute approximate surface area is 127 Å². The molecule has 0 saturated carbocycles. The first kappa shape index (κ1) is 19.4. The van der Waals surface area contributed by atoms with Crippen LogP contribution in [-0.2, 0) is 28.5 Å². The Morgan fingerprint density at radius 1 is 0.864 bits per heavy atom. The van der Waals surface area contributed by atoms with Gasteiger partial charge in [-0.05, 0) is 6.92 Å². The fourth-order valence-corrected chi connectivity index (χ4v) is 2.36. The Bertz CT molecular complexity index is 325. The second kappa shape index (κ2) is 10.2. The molecule has 1 fully saturated rings. The Hall–Kier alpha value is -0.690. The number of carbonyl (C=O) groups is 1. The maximum Gasteiger partial charge on any atom is 0.189 e. The van der Waals surface area contributed by atoms with Gasteiger partial charge in [0.15, 0.2) is 6.29 Å². The summed E-state index contributed by atoms with van der Waals surface area (Å²) in [5.41, 5.74) is 0. The quantitative estimate of drug-likeness (QED) is 0.322. The minimum atomic E-state index is -1.16. The van der Waals surface area contributed by atoms with Crippen molar-refractivity contribution in [2.45, 2.75) is 44.1 Å². The minimum absolute atomic E-state index is 0.0624. The summed E-state index contributed by atoms with van der Waals surface area (Å²) in [6.45, 7) is -1.42. The third-order valence-corrected chi connectivity index (χ3v) is 3.12. The fourth-order valence-electron chi connectivity index (χ4n) is 2.36. The first-order chi connectivity index (χ1) is 10.6. The second-order valence-corrected chi connectivity index (χ2v) is 4.53. The standard InChI is InChI=1S/C12H22O10/c1-7(17)2-8-9(18-3-13)10(19-4-14)11(20-5-15)12(22-8)21-6-16/h8-16H,2-6H2,1H3/t8?,9-,10+,11-,12?/m0/s1. The zero-order chi connectivity index (χ0) is 16.5. The molecular formula is C12H22O10. The summed E-state index contributed by atoms with van der Waals surface area (Å²) in [6.07, 6.45) is -5.07. The van der Waals surface area contributed by atoms with Crippen LogP contribution in [-0.4, -0.2) is 84.1 Å². The van der Waals surface area contributed by atoms with Gasteiger partial charge in [0.1, 0.15) is 51.3 Å². The molecule has 1 aliphatic heterocycles. The molecule has 1 rings (SSSR count). The lowest BCUT2D eigenvalue weighted by Crippen LogP contribution is -2.61. The zero-order valence-corrected chi connectivity index (χ0v) is 12.2. The molecule has 10 heteroatoms. The lowest BCUT2D eigenvalue weighted by atomic mass is 9.95. The van der Waals surface area contributed by atoms with Crippen molar-refractivity contribution in [3.05, 3.63) is 0 Å². The molecule has 0 spiro atoms. The van der Waals surface area contributed by atoms with Crippen LogP contribution in [0, 0.1) is 0 Å². The summed E-state index contributed by atoms with van der Waals surface area (Å²) in [5, 5.41) is 35.9. The average molecular weight is 326 g/mol. The maximum atomic E-state index is 11.3. The highest BCUT2D eigenvalue weighted by molar-refractivity contribution is 5.76. The molecule has 0 aromatic carbocycles. The Balaban J connectivity index is 3.02. The van der Waals surface area contributed by atoms with Gasteiger partial charge >= 0.3 is 0 Å². The van der Waals surface area contributed by atoms with Crippen LogP contribution in [0.5, 0.6) is 0 Å². The number of aliphatic hydroxyl groups excluding tert-OH is 4. The molecule has 1 aliphatic rings. The van der Waals surface area contributed by atoms with E-state index in [1.54, 1.807) is 0 Å². The summed E-state index contributed by atoms with van der Waals surface area (Å²) in [6, 6.07) is 0.